The van der Waals surface area contributed by atoms with Gasteiger partial charge in [0.25, 0.3) is 0 Å². The standard InChI is InChI=1S/C10H10FNO/c1-7-3-4-8(11)5-9(7)10(6-12)13-2/h3-5,10H,1-2H3. The lowest BCUT2D eigenvalue weighted by molar-refractivity contribution is 0.148. The Morgan fingerprint density at radius 1 is 1.54 bits per heavy atom. The predicted molar refractivity (Wildman–Crippen MR) is 46.5 cm³/mol. The van der Waals surface area contributed by atoms with E-state index >= 15 is 0 Å². The first-order chi connectivity index (χ1) is 6.19. The number of hydrogen-bond acceptors (Lipinski definition) is 2. The highest BCUT2D eigenvalue weighted by Crippen LogP contribution is 2.20. The van der Waals surface area contributed by atoms with E-state index in [4.69, 9.17) is 10.00 Å². The van der Waals surface area contributed by atoms with E-state index in [2.05, 4.69) is 0 Å². The number of hydrogen-bond donors (Lipinski definition) is 0. The molecule has 0 aromatic heterocycles. The van der Waals surface area contributed by atoms with Gasteiger partial charge in [-0.25, -0.2) is 4.39 Å². The number of methoxy groups -OCH3 is 1. The van der Waals surface area contributed by atoms with Crippen LogP contribution in [-0.2, 0) is 4.74 Å². The number of halogens is 1. The van der Waals surface area contributed by atoms with E-state index in [-0.39, 0.29) is 5.82 Å². The molecule has 0 bridgehead atoms. The van der Waals surface area contributed by atoms with Gasteiger partial charge in [0, 0.05) is 12.7 Å². The number of rotatable bonds is 2. The SMILES string of the molecule is COC(C#N)c1cc(F)ccc1C. The number of aryl methyl sites for hydroxylation is 1. The van der Waals surface area contributed by atoms with Gasteiger partial charge in [0.05, 0.1) is 6.07 Å². The summed E-state index contributed by atoms with van der Waals surface area (Å²) in [5.41, 5.74) is 1.44. The number of nitriles is 1. The smallest absolute Gasteiger partial charge is 0.169 e. The molecular weight excluding hydrogens is 169 g/mol. The minimum Gasteiger partial charge on any atom is -0.362 e. The Hall–Kier alpha value is -1.40. The van der Waals surface area contributed by atoms with Gasteiger partial charge in [0.15, 0.2) is 6.10 Å². The van der Waals surface area contributed by atoms with Crippen molar-refractivity contribution in [1.29, 1.82) is 5.26 Å². The lowest BCUT2D eigenvalue weighted by Gasteiger charge is -2.09. The summed E-state index contributed by atoms with van der Waals surface area (Å²) in [6.07, 6.45) is -0.685. The van der Waals surface area contributed by atoms with Gasteiger partial charge in [0.1, 0.15) is 5.82 Å². The number of ether oxygens (including phenoxy) is 1. The average molecular weight is 179 g/mol. The summed E-state index contributed by atoms with van der Waals surface area (Å²) in [6, 6.07) is 6.27. The van der Waals surface area contributed by atoms with E-state index in [0.717, 1.165) is 5.56 Å². The van der Waals surface area contributed by atoms with Gasteiger partial charge in [-0.3, -0.25) is 0 Å². The second kappa shape index (κ2) is 4.01. The monoisotopic (exact) mass is 179 g/mol. The zero-order chi connectivity index (χ0) is 9.84. The molecule has 1 rings (SSSR count). The minimum absolute atomic E-state index is 0.349. The molecule has 68 valence electrons. The zero-order valence-corrected chi connectivity index (χ0v) is 7.54. The Balaban J connectivity index is 3.13. The quantitative estimate of drug-likeness (QED) is 0.698. The van der Waals surface area contributed by atoms with E-state index in [1.165, 1.54) is 19.2 Å². The second-order valence-electron chi connectivity index (χ2n) is 2.75. The lowest BCUT2D eigenvalue weighted by Crippen LogP contribution is -2.01. The molecule has 0 aliphatic carbocycles. The normalized spacial score (nSPS) is 12.2. The Labute approximate surface area is 76.6 Å². The van der Waals surface area contributed by atoms with Crippen LogP contribution in [0.15, 0.2) is 18.2 Å². The van der Waals surface area contributed by atoms with Crippen LogP contribution in [0.4, 0.5) is 4.39 Å². The fourth-order valence-corrected chi connectivity index (χ4v) is 1.14. The van der Waals surface area contributed by atoms with Gasteiger partial charge < -0.3 is 4.74 Å². The Morgan fingerprint density at radius 2 is 2.23 bits per heavy atom. The van der Waals surface area contributed by atoms with Crippen molar-refractivity contribution in [2.45, 2.75) is 13.0 Å². The predicted octanol–water partition coefficient (Wildman–Crippen LogP) is 2.35. The summed E-state index contributed by atoms with van der Waals surface area (Å²) in [7, 11) is 1.43. The molecule has 1 aromatic carbocycles. The van der Waals surface area contributed by atoms with Crippen molar-refractivity contribution in [2.24, 2.45) is 0 Å². The van der Waals surface area contributed by atoms with Gasteiger partial charge in [-0.2, -0.15) is 5.26 Å². The highest BCUT2D eigenvalue weighted by atomic mass is 19.1. The molecule has 0 radical (unpaired) electrons. The lowest BCUT2D eigenvalue weighted by atomic mass is 10.0. The molecule has 0 saturated heterocycles. The average Bonchev–Trinajstić information content (AvgIpc) is 2.13. The van der Waals surface area contributed by atoms with Crippen LogP contribution in [0.2, 0.25) is 0 Å². The Bertz CT molecular complexity index is 343. The summed E-state index contributed by atoms with van der Waals surface area (Å²) in [6.45, 7) is 1.82. The van der Waals surface area contributed by atoms with Crippen molar-refractivity contribution < 1.29 is 9.13 Å². The number of nitrogens with zero attached hydrogens (tertiary/aromatic N) is 1. The molecule has 0 fully saturated rings. The van der Waals surface area contributed by atoms with E-state index in [9.17, 15) is 4.39 Å². The molecule has 0 heterocycles. The summed E-state index contributed by atoms with van der Waals surface area (Å²) in [4.78, 5) is 0. The van der Waals surface area contributed by atoms with Gasteiger partial charge in [0.2, 0.25) is 0 Å². The van der Waals surface area contributed by atoms with Crippen LogP contribution >= 0.6 is 0 Å². The third-order valence-corrected chi connectivity index (χ3v) is 1.88. The van der Waals surface area contributed by atoms with Crippen molar-refractivity contribution in [3.8, 4) is 6.07 Å². The van der Waals surface area contributed by atoms with Crippen molar-refractivity contribution in [3.05, 3.63) is 35.1 Å². The molecule has 2 nitrogen and oxygen atoms in total. The van der Waals surface area contributed by atoms with Crippen LogP contribution in [-0.4, -0.2) is 7.11 Å². The summed E-state index contributed by atoms with van der Waals surface area (Å²) in [5, 5.41) is 8.70. The number of benzene rings is 1. The maximum Gasteiger partial charge on any atom is 0.169 e. The molecule has 0 amide bonds. The molecule has 0 N–H and O–H groups in total. The van der Waals surface area contributed by atoms with E-state index in [0.29, 0.717) is 5.56 Å². The maximum atomic E-state index is 12.8. The Morgan fingerprint density at radius 3 is 2.77 bits per heavy atom. The molecule has 1 aromatic rings. The molecule has 13 heavy (non-hydrogen) atoms. The van der Waals surface area contributed by atoms with Crippen LogP contribution in [0.5, 0.6) is 0 Å². The van der Waals surface area contributed by atoms with E-state index in [1.54, 1.807) is 6.07 Å². The molecule has 3 heteroatoms. The zero-order valence-electron chi connectivity index (χ0n) is 7.54. The highest BCUT2D eigenvalue weighted by Gasteiger charge is 2.12. The molecule has 0 saturated carbocycles. The fraction of sp³-hybridized carbons (Fsp3) is 0.300. The summed E-state index contributed by atoms with van der Waals surface area (Å²) < 4.78 is 17.7. The molecule has 0 aliphatic heterocycles. The molecule has 1 atom stereocenters. The van der Waals surface area contributed by atoms with Gasteiger partial charge in [-0.15, -0.1) is 0 Å². The van der Waals surface area contributed by atoms with Crippen molar-refractivity contribution in [3.63, 3.8) is 0 Å². The largest absolute Gasteiger partial charge is 0.362 e. The first kappa shape index (κ1) is 9.69. The highest BCUT2D eigenvalue weighted by molar-refractivity contribution is 5.31. The van der Waals surface area contributed by atoms with Gasteiger partial charge in [-0.05, 0) is 24.6 Å². The molecular formula is C10H10FNO. The van der Waals surface area contributed by atoms with E-state index < -0.39 is 6.10 Å². The van der Waals surface area contributed by atoms with Crippen LogP contribution in [0.1, 0.15) is 17.2 Å². The van der Waals surface area contributed by atoms with Gasteiger partial charge >= 0.3 is 0 Å². The Kier molecular flexibility index (Phi) is 2.99. The first-order valence-electron chi connectivity index (χ1n) is 3.87. The molecule has 0 aliphatic rings. The summed E-state index contributed by atoms with van der Waals surface area (Å²) in [5.74, 6) is -0.349. The van der Waals surface area contributed by atoms with Crippen LogP contribution in [0, 0.1) is 24.1 Å². The van der Waals surface area contributed by atoms with E-state index in [1.807, 2.05) is 13.0 Å². The first-order valence-corrected chi connectivity index (χ1v) is 3.87. The van der Waals surface area contributed by atoms with Crippen LogP contribution in [0.25, 0.3) is 0 Å². The summed E-state index contributed by atoms with van der Waals surface area (Å²) >= 11 is 0. The van der Waals surface area contributed by atoms with Crippen molar-refractivity contribution in [1.82, 2.24) is 0 Å². The van der Waals surface area contributed by atoms with Gasteiger partial charge in [-0.1, -0.05) is 6.07 Å². The minimum atomic E-state index is -0.685. The van der Waals surface area contributed by atoms with Crippen molar-refractivity contribution >= 4 is 0 Å². The molecule has 0 spiro atoms. The molecule has 1 unspecified atom stereocenters. The third-order valence-electron chi connectivity index (χ3n) is 1.88. The fourth-order valence-electron chi connectivity index (χ4n) is 1.14. The van der Waals surface area contributed by atoms with Crippen LogP contribution < -0.4 is 0 Å². The van der Waals surface area contributed by atoms with Crippen LogP contribution in [0.3, 0.4) is 0 Å². The second-order valence-corrected chi connectivity index (χ2v) is 2.75. The third kappa shape index (κ3) is 2.04. The maximum absolute atomic E-state index is 12.8. The topological polar surface area (TPSA) is 33.0 Å². The van der Waals surface area contributed by atoms with Crippen molar-refractivity contribution in [2.75, 3.05) is 7.11 Å².